The van der Waals surface area contributed by atoms with Crippen LogP contribution in [0, 0.1) is 11.5 Å². The molecule has 0 saturated carbocycles. The molecule has 1 aromatic heterocycles. The minimum Gasteiger partial charge on any atom is -0.355 e. The number of guanidine groups is 1. The molecule has 0 spiro atoms. The fourth-order valence-electron chi connectivity index (χ4n) is 1.59. The summed E-state index contributed by atoms with van der Waals surface area (Å²) in [7, 11) is 4.10. The van der Waals surface area contributed by atoms with Gasteiger partial charge in [0, 0.05) is 36.5 Å². The molecule has 0 aliphatic rings. The molecule has 0 fully saturated rings. The molecule has 0 bridgehead atoms. The predicted molar refractivity (Wildman–Crippen MR) is 95.0 cm³/mol. The Bertz CT molecular complexity index is 492. The second-order valence-corrected chi connectivity index (χ2v) is 6.96. The standard InChI is InChI=1S/C14H24N6S2/c1-4-5-16-14(18-11-15)17-6-7-21-9-12-10-22-13(19-12)8-20(2)3/h10H,4-9H2,1-3H3,(H2,16,17,18). The van der Waals surface area contributed by atoms with Crippen LogP contribution < -0.4 is 10.6 Å². The van der Waals surface area contributed by atoms with Crippen molar-refractivity contribution in [2.75, 3.05) is 32.9 Å². The Labute approximate surface area is 141 Å². The molecule has 1 aromatic rings. The van der Waals surface area contributed by atoms with E-state index < -0.39 is 0 Å². The highest BCUT2D eigenvalue weighted by molar-refractivity contribution is 7.98. The molecule has 1 rings (SSSR count). The predicted octanol–water partition coefficient (Wildman–Crippen LogP) is 1.86. The summed E-state index contributed by atoms with van der Waals surface area (Å²) < 4.78 is 0. The van der Waals surface area contributed by atoms with Gasteiger partial charge < -0.3 is 10.2 Å². The topological polar surface area (TPSA) is 76.3 Å². The average molecular weight is 341 g/mol. The van der Waals surface area contributed by atoms with Gasteiger partial charge in [-0.3, -0.25) is 10.3 Å². The molecule has 0 saturated heterocycles. The summed E-state index contributed by atoms with van der Waals surface area (Å²) in [6.07, 6.45) is 2.86. The number of nitrogens with one attached hydrogen (secondary N) is 2. The van der Waals surface area contributed by atoms with Gasteiger partial charge in [0.15, 0.2) is 6.19 Å². The minimum absolute atomic E-state index is 0.562. The molecule has 2 N–H and O–H groups in total. The van der Waals surface area contributed by atoms with Crippen molar-refractivity contribution in [3.63, 3.8) is 0 Å². The van der Waals surface area contributed by atoms with Gasteiger partial charge in [-0.05, 0) is 20.5 Å². The van der Waals surface area contributed by atoms with Crippen molar-refractivity contribution in [2.45, 2.75) is 25.6 Å². The van der Waals surface area contributed by atoms with Crippen molar-refractivity contribution in [3.05, 3.63) is 16.1 Å². The zero-order chi connectivity index (χ0) is 16.2. The largest absolute Gasteiger partial charge is 0.355 e. The molecule has 6 nitrogen and oxygen atoms in total. The quantitative estimate of drug-likeness (QED) is 0.235. The SMILES string of the molecule is CCCN=C(NC#N)NCCSCc1csc(CN(C)C)n1. The lowest BCUT2D eigenvalue weighted by molar-refractivity contribution is 0.401. The van der Waals surface area contributed by atoms with Crippen molar-refractivity contribution in [1.29, 1.82) is 5.26 Å². The Morgan fingerprint density at radius 3 is 3.05 bits per heavy atom. The van der Waals surface area contributed by atoms with Gasteiger partial charge in [0.05, 0.1) is 5.69 Å². The van der Waals surface area contributed by atoms with Gasteiger partial charge in [-0.1, -0.05) is 6.92 Å². The van der Waals surface area contributed by atoms with Crippen LogP contribution in [0.1, 0.15) is 24.0 Å². The summed E-state index contributed by atoms with van der Waals surface area (Å²) in [4.78, 5) is 11.0. The lowest BCUT2D eigenvalue weighted by atomic mass is 10.5. The van der Waals surface area contributed by atoms with Gasteiger partial charge in [0.25, 0.3) is 0 Å². The van der Waals surface area contributed by atoms with E-state index in [9.17, 15) is 0 Å². The maximum absolute atomic E-state index is 8.65. The van der Waals surface area contributed by atoms with Crippen LogP contribution in [0.15, 0.2) is 10.4 Å². The van der Waals surface area contributed by atoms with Crippen LogP contribution in [0.3, 0.4) is 0 Å². The monoisotopic (exact) mass is 340 g/mol. The molecule has 22 heavy (non-hydrogen) atoms. The van der Waals surface area contributed by atoms with Crippen molar-refractivity contribution in [3.8, 4) is 6.19 Å². The maximum atomic E-state index is 8.65. The minimum atomic E-state index is 0.562. The zero-order valence-corrected chi connectivity index (χ0v) is 15.1. The molecule has 8 heteroatoms. The Balaban J connectivity index is 2.21. The van der Waals surface area contributed by atoms with E-state index in [1.54, 1.807) is 11.3 Å². The summed E-state index contributed by atoms with van der Waals surface area (Å²) >= 11 is 3.54. The summed E-state index contributed by atoms with van der Waals surface area (Å²) in [6, 6.07) is 0. The van der Waals surface area contributed by atoms with Gasteiger partial charge in [-0.25, -0.2) is 4.98 Å². The molecular formula is C14H24N6S2. The van der Waals surface area contributed by atoms with Crippen LogP contribution in [0.2, 0.25) is 0 Å². The molecule has 122 valence electrons. The number of hydrogen-bond donors (Lipinski definition) is 2. The number of aromatic nitrogens is 1. The highest BCUT2D eigenvalue weighted by Gasteiger charge is 2.03. The van der Waals surface area contributed by atoms with E-state index in [0.717, 1.165) is 48.3 Å². The van der Waals surface area contributed by atoms with Crippen LogP contribution in [0.5, 0.6) is 0 Å². The van der Waals surface area contributed by atoms with Crippen molar-refractivity contribution < 1.29 is 0 Å². The normalized spacial score (nSPS) is 11.5. The van der Waals surface area contributed by atoms with E-state index in [2.05, 4.69) is 51.9 Å². The maximum Gasteiger partial charge on any atom is 0.204 e. The number of thiazole rings is 1. The molecule has 0 aliphatic heterocycles. The van der Waals surface area contributed by atoms with Crippen molar-refractivity contribution >= 4 is 29.1 Å². The second kappa shape index (κ2) is 11.3. The van der Waals surface area contributed by atoms with E-state index in [-0.39, 0.29) is 0 Å². The van der Waals surface area contributed by atoms with Crippen LogP contribution in [-0.2, 0) is 12.3 Å². The third-order valence-electron chi connectivity index (χ3n) is 2.51. The lowest BCUT2D eigenvalue weighted by Crippen LogP contribution is -2.36. The Morgan fingerprint density at radius 2 is 2.36 bits per heavy atom. The number of thioether (sulfide) groups is 1. The number of nitriles is 1. The third-order valence-corrected chi connectivity index (χ3v) is 4.38. The Hall–Kier alpha value is -1.30. The first kappa shape index (κ1) is 18.7. The summed E-state index contributed by atoms with van der Waals surface area (Å²) in [5, 5.41) is 17.7. The molecule has 1 heterocycles. The first-order valence-electron chi connectivity index (χ1n) is 7.24. The van der Waals surface area contributed by atoms with Crippen molar-refractivity contribution in [1.82, 2.24) is 20.5 Å². The molecule has 0 amide bonds. The van der Waals surface area contributed by atoms with Crippen LogP contribution >= 0.6 is 23.1 Å². The van der Waals surface area contributed by atoms with Gasteiger partial charge in [-0.2, -0.15) is 17.0 Å². The van der Waals surface area contributed by atoms with Crippen LogP contribution in [0.4, 0.5) is 0 Å². The molecular weight excluding hydrogens is 316 g/mol. The van der Waals surface area contributed by atoms with E-state index in [4.69, 9.17) is 5.26 Å². The third kappa shape index (κ3) is 8.22. The Kier molecular flexibility index (Phi) is 9.62. The van der Waals surface area contributed by atoms with Crippen LogP contribution in [-0.4, -0.2) is 48.8 Å². The number of rotatable bonds is 9. The molecule has 0 aromatic carbocycles. The number of nitrogens with zero attached hydrogens (tertiary/aromatic N) is 4. The van der Waals surface area contributed by atoms with E-state index in [1.165, 1.54) is 0 Å². The van der Waals surface area contributed by atoms with Crippen molar-refractivity contribution in [2.24, 2.45) is 4.99 Å². The molecule has 0 radical (unpaired) electrons. The van der Waals surface area contributed by atoms with Gasteiger partial charge in [-0.15, -0.1) is 11.3 Å². The average Bonchev–Trinajstić information content (AvgIpc) is 2.90. The molecule has 0 atom stereocenters. The van der Waals surface area contributed by atoms with E-state index in [1.807, 2.05) is 18.0 Å². The van der Waals surface area contributed by atoms with Crippen LogP contribution in [0.25, 0.3) is 0 Å². The second-order valence-electron chi connectivity index (χ2n) is 4.92. The van der Waals surface area contributed by atoms with Gasteiger partial charge in [0.1, 0.15) is 5.01 Å². The van der Waals surface area contributed by atoms with Gasteiger partial charge >= 0.3 is 0 Å². The first-order chi connectivity index (χ1) is 10.7. The number of aliphatic imine (C=N–C) groups is 1. The first-order valence-corrected chi connectivity index (χ1v) is 9.28. The molecule has 0 unspecified atom stereocenters. The zero-order valence-electron chi connectivity index (χ0n) is 13.4. The summed E-state index contributed by atoms with van der Waals surface area (Å²) in [5.41, 5.74) is 1.14. The summed E-state index contributed by atoms with van der Waals surface area (Å²) in [5.74, 6) is 2.42. The summed E-state index contributed by atoms with van der Waals surface area (Å²) in [6.45, 7) is 4.45. The number of hydrogen-bond acceptors (Lipinski definition) is 6. The fraction of sp³-hybridized carbons (Fsp3) is 0.643. The Morgan fingerprint density at radius 1 is 1.55 bits per heavy atom. The smallest absolute Gasteiger partial charge is 0.204 e. The molecule has 0 aliphatic carbocycles. The van der Waals surface area contributed by atoms with Gasteiger partial charge in [0.2, 0.25) is 5.96 Å². The lowest BCUT2D eigenvalue weighted by Gasteiger charge is -2.07. The van der Waals surface area contributed by atoms with E-state index >= 15 is 0 Å². The van der Waals surface area contributed by atoms with E-state index in [0.29, 0.717) is 5.96 Å². The highest BCUT2D eigenvalue weighted by atomic mass is 32.2. The highest BCUT2D eigenvalue weighted by Crippen LogP contribution is 2.16. The fourth-order valence-corrected chi connectivity index (χ4v) is 3.36.